The van der Waals surface area contributed by atoms with E-state index in [1.807, 2.05) is 71.3 Å². The summed E-state index contributed by atoms with van der Waals surface area (Å²) in [6.45, 7) is 1.62. The molecule has 0 bridgehead atoms. The zero-order valence-corrected chi connectivity index (χ0v) is 14.6. The van der Waals surface area contributed by atoms with Crippen LogP contribution in [0, 0.1) is 0 Å². The average molecular weight is 337 g/mol. The minimum atomic E-state index is 0.0363. The van der Waals surface area contributed by atoms with Crippen molar-refractivity contribution in [2.24, 2.45) is 0 Å². The standard InChI is InChI=1S/C24H19NO/c1-18(26)24(16-19-10-4-2-5-11-19)25-17-22(20-12-6-3-7-13-20)21-14-8-9-15-23(21)25/h2-17H,1H3/b24-16-. The molecule has 3 aromatic carbocycles. The maximum Gasteiger partial charge on any atom is 0.176 e. The van der Waals surface area contributed by atoms with Crippen molar-refractivity contribution in [2.45, 2.75) is 6.92 Å². The molecule has 0 spiro atoms. The van der Waals surface area contributed by atoms with Gasteiger partial charge >= 0.3 is 0 Å². The molecule has 0 aliphatic rings. The van der Waals surface area contributed by atoms with Gasteiger partial charge in [0.05, 0.1) is 11.2 Å². The Morgan fingerprint density at radius 3 is 2.12 bits per heavy atom. The SMILES string of the molecule is CC(=O)/C(=C/c1ccccc1)n1cc(-c2ccccc2)c2ccccc21. The molecule has 0 amide bonds. The van der Waals surface area contributed by atoms with Crippen LogP contribution in [0.3, 0.4) is 0 Å². The Morgan fingerprint density at radius 2 is 1.42 bits per heavy atom. The lowest BCUT2D eigenvalue weighted by atomic mass is 10.1. The van der Waals surface area contributed by atoms with Crippen molar-refractivity contribution < 1.29 is 4.79 Å². The first kappa shape index (κ1) is 16.1. The second-order valence-electron chi connectivity index (χ2n) is 6.29. The molecule has 2 heteroatoms. The third-order valence-corrected chi connectivity index (χ3v) is 4.52. The molecule has 0 atom stereocenters. The van der Waals surface area contributed by atoms with Crippen LogP contribution >= 0.6 is 0 Å². The van der Waals surface area contributed by atoms with Gasteiger partial charge in [0.15, 0.2) is 5.78 Å². The summed E-state index contributed by atoms with van der Waals surface area (Å²) in [5, 5.41) is 1.14. The minimum absolute atomic E-state index is 0.0363. The number of hydrogen-bond donors (Lipinski definition) is 0. The predicted octanol–water partition coefficient (Wildman–Crippen LogP) is 5.90. The molecule has 0 N–H and O–H groups in total. The van der Waals surface area contributed by atoms with Gasteiger partial charge in [-0.1, -0.05) is 78.9 Å². The van der Waals surface area contributed by atoms with Crippen LogP contribution in [0.15, 0.2) is 91.1 Å². The maximum atomic E-state index is 12.4. The topological polar surface area (TPSA) is 22.0 Å². The number of allylic oxidation sites excluding steroid dienone is 1. The van der Waals surface area contributed by atoms with E-state index in [0.29, 0.717) is 5.70 Å². The predicted molar refractivity (Wildman–Crippen MR) is 109 cm³/mol. The largest absolute Gasteiger partial charge is 0.313 e. The van der Waals surface area contributed by atoms with E-state index in [4.69, 9.17) is 0 Å². The van der Waals surface area contributed by atoms with Crippen molar-refractivity contribution in [3.05, 3.63) is 96.7 Å². The number of Topliss-reactive ketones (excluding diaryl/α,β-unsaturated/α-hetero) is 1. The van der Waals surface area contributed by atoms with Crippen LogP contribution in [-0.4, -0.2) is 10.4 Å². The van der Waals surface area contributed by atoms with Gasteiger partial charge in [0, 0.05) is 24.1 Å². The minimum Gasteiger partial charge on any atom is -0.313 e. The third-order valence-electron chi connectivity index (χ3n) is 4.52. The molecule has 26 heavy (non-hydrogen) atoms. The average Bonchev–Trinajstić information content (AvgIpc) is 3.07. The molecule has 1 aromatic heterocycles. The molecule has 0 fully saturated rings. The zero-order chi connectivity index (χ0) is 17.9. The van der Waals surface area contributed by atoms with E-state index in [-0.39, 0.29) is 5.78 Å². The summed E-state index contributed by atoms with van der Waals surface area (Å²) in [6, 6.07) is 28.4. The molecule has 0 unspecified atom stereocenters. The Labute approximate surface area is 153 Å². The number of aromatic nitrogens is 1. The van der Waals surface area contributed by atoms with Crippen LogP contribution < -0.4 is 0 Å². The van der Waals surface area contributed by atoms with Gasteiger partial charge in [0.1, 0.15) is 0 Å². The summed E-state index contributed by atoms with van der Waals surface area (Å²) in [4.78, 5) is 12.4. The summed E-state index contributed by atoms with van der Waals surface area (Å²) >= 11 is 0. The highest BCUT2D eigenvalue weighted by molar-refractivity contribution is 6.20. The van der Waals surface area contributed by atoms with Crippen LogP contribution in [0.25, 0.3) is 33.8 Å². The highest BCUT2D eigenvalue weighted by Crippen LogP contribution is 2.33. The number of para-hydroxylation sites is 1. The first-order valence-corrected chi connectivity index (χ1v) is 8.67. The van der Waals surface area contributed by atoms with E-state index < -0.39 is 0 Å². The highest BCUT2D eigenvalue weighted by Gasteiger charge is 2.15. The quantitative estimate of drug-likeness (QED) is 0.425. The van der Waals surface area contributed by atoms with Crippen molar-refractivity contribution in [1.29, 1.82) is 0 Å². The van der Waals surface area contributed by atoms with E-state index in [0.717, 1.165) is 27.6 Å². The van der Waals surface area contributed by atoms with Crippen molar-refractivity contribution in [3.63, 3.8) is 0 Å². The van der Waals surface area contributed by atoms with Crippen molar-refractivity contribution in [1.82, 2.24) is 4.57 Å². The fraction of sp³-hybridized carbons (Fsp3) is 0.0417. The van der Waals surface area contributed by atoms with Gasteiger partial charge in [0.2, 0.25) is 0 Å². The number of nitrogens with zero attached hydrogens (tertiary/aromatic N) is 1. The Balaban J connectivity index is 1.96. The first-order valence-electron chi connectivity index (χ1n) is 8.67. The zero-order valence-electron chi connectivity index (χ0n) is 14.6. The van der Waals surface area contributed by atoms with Crippen LogP contribution in [0.1, 0.15) is 12.5 Å². The lowest BCUT2D eigenvalue weighted by molar-refractivity contribution is -0.112. The van der Waals surface area contributed by atoms with Gasteiger partial charge in [-0.25, -0.2) is 0 Å². The van der Waals surface area contributed by atoms with Crippen LogP contribution in [-0.2, 0) is 4.79 Å². The van der Waals surface area contributed by atoms with Gasteiger partial charge in [-0.3, -0.25) is 4.79 Å². The summed E-state index contributed by atoms with van der Waals surface area (Å²) in [5.41, 5.74) is 4.97. The molecule has 0 aliphatic heterocycles. The van der Waals surface area contributed by atoms with Gasteiger partial charge in [-0.15, -0.1) is 0 Å². The molecule has 0 radical (unpaired) electrons. The third kappa shape index (κ3) is 2.98. The molecule has 0 saturated heterocycles. The lowest BCUT2D eigenvalue weighted by Gasteiger charge is -2.08. The summed E-state index contributed by atoms with van der Waals surface area (Å²) in [5.74, 6) is 0.0363. The Morgan fingerprint density at radius 1 is 0.808 bits per heavy atom. The molecule has 4 aromatic rings. The Hall–Kier alpha value is -3.39. The number of rotatable bonds is 4. The van der Waals surface area contributed by atoms with Gasteiger partial charge in [-0.2, -0.15) is 0 Å². The Bertz CT molecular complexity index is 1090. The second kappa shape index (κ2) is 6.85. The smallest absolute Gasteiger partial charge is 0.176 e. The maximum absolute atomic E-state index is 12.4. The molecule has 4 rings (SSSR count). The van der Waals surface area contributed by atoms with E-state index in [2.05, 4.69) is 30.5 Å². The molecule has 126 valence electrons. The fourth-order valence-corrected chi connectivity index (χ4v) is 3.27. The number of carbonyl (C=O) groups is 1. The molecule has 2 nitrogen and oxygen atoms in total. The van der Waals surface area contributed by atoms with Crippen LogP contribution in [0.2, 0.25) is 0 Å². The van der Waals surface area contributed by atoms with E-state index >= 15 is 0 Å². The van der Waals surface area contributed by atoms with Gasteiger partial charge < -0.3 is 4.57 Å². The van der Waals surface area contributed by atoms with E-state index in [9.17, 15) is 4.79 Å². The number of fused-ring (bicyclic) bond motifs is 1. The monoisotopic (exact) mass is 337 g/mol. The number of ketones is 1. The molecule has 1 heterocycles. The van der Waals surface area contributed by atoms with Crippen molar-refractivity contribution >= 4 is 28.5 Å². The molecule has 0 aliphatic carbocycles. The first-order chi connectivity index (χ1) is 12.7. The van der Waals surface area contributed by atoms with Crippen molar-refractivity contribution in [3.8, 4) is 11.1 Å². The molecule has 0 saturated carbocycles. The fourth-order valence-electron chi connectivity index (χ4n) is 3.27. The number of hydrogen-bond acceptors (Lipinski definition) is 1. The highest BCUT2D eigenvalue weighted by atomic mass is 16.1. The summed E-state index contributed by atoms with van der Waals surface area (Å²) in [7, 11) is 0. The lowest BCUT2D eigenvalue weighted by Crippen LogP contribution is -2.04. The van der Waals surface area contributed by atoms with E-state index in [1.165, 1.54) is 0 Å². The van der Waals surface area contributed by atoms with Gasteiger partial charge in [-0.05, 0) is 23.3 Å². The summed E-state index contributed by atoms with van der Waals surface area (Å²) < 4.78 is 2.01. The molecular weight excluding hydrogens is 318 g/mol. The normalized spacial score (nSPS) is 11.7. The van der Waals surface area contributed by atoms with Crippen molar-refractivity contribution in [2.75, 3.05) is 0 Å². The number of benzene rings is 3. The Kier molecular flexibility index (Phi) is 4.24. The van der Waals surface area contributed by atoms with Crippen LogP contribution in [0.4, 0.5) is 0 Å². The summed E-state index contributed by atoms with van der Waals surface area (Å²) in [6.07, 6.45) is 4.01. The second-order valence-corrected chi connectivity index (χ2v) is 6.29. The van der Waals surface area contributed by atoms with E-state index in [1.54, 1.807) is 6.92 Å². The van der Waals surface area contributed by atoms with Crippen LogP contribution in [0.5, 0.6) is 0 Å². The molecular formula is C24H19NO. The van der Waals surface area contributed by atoms with Gasteiger partial charge in [0.25, 0.3) is 0 Å². The number of carbonyl (C=O) groups excluding carboxylic acids is 1.